The van der Waals surface area contributed by atoms with Crippen LogP contribution in [0.15, 0.2) is 40.9 Å². The van der Waals surface area contributed by atoms with E-state index in [9.17, 15) is 9.18 Å². The first kappa shape index (κ1) is 16.0. The summed E-state index contributed by atoms with van der Waals surface area (Å²) in [5, 5.41) is -0.0979. The molecule has 0 unspecified atom stereocenters. The summed E-state index contributed by atoms with van der Waals surface area (Å²) in [6.45, 7) is 2.56. The van der Waals surface area contributed by atoms with Crippen molar-refractivity contribution in [3.63, 3.8) is 0 Å². The van der Waals surface area contributed by atoms with Gasteiger partial charge in [0.1, 0.15) is 5.75 Å². The van der Waals surface area contributed by atoms with Crippen molar-refractivity contribution < 1.29 is 13.9 Å². The fourth-order valence-corrected chi connectivity index (χ4v) is 2.27. The summed E-state index contributed by atoms with van der Waals surface area (Å²) in [6, 6.07) is 9.65. The molecule has 0 aliphatic rings. The second-order valence-corrected chi connectivity index (χ2v) is 5.66. The third-order valence-electron chi connectivity index (χ3n) is 2.85. The zero-order valence-corrected chi connectivity index (χ0v) is 13.7. The highest BCUT2D eigenvalue weighted by Crippen LogP contribution is 2.29. The molecule has 2 aromatic rings. The van der Waals surface area contributed by atoms with Crippen LogP contribution in [0.2, 0.25) is 5.02 Å². The maximum Gasteiger partial charge on any atom is 0.196 e. The number of rotatable bonds is 5. The smallest absolute Gasteiger partial charge is 0.196 e. The summed E-state index contributed by atoms with van der Waals surface area (Å²) >= 11 is 8.94. The van der Waals surface area contributed by atoms with E-state index in [4.69, 9.17) is 16.3 Å². The van der Waals surface area contributed by atoms with Gasteiger partial charge in [-0.25, -0.2) is 4.39 Å². The number of hydrogen-bond donors (Lipinski definition) is 0. The van der Waals surface area contributed by atoms with Crippen molar-refractivity contribution in [3.8, 4) is 5.75 Å². The first-order chi connectivity index (χ1) is 10.0. The molecule has 110 valence electrons. The van der Waals surface area contributed by atoms with Gasteiger partial charge in [0, 0.05) is 10.0 Å². The van der Waals surface area contributed by atoms with E-state index in [0.717, 1.165) is 6.42 Å². The molecule has 21 heavy (non-hydrogen) atoms. The van der Waals surface area contributed by atoms with Crippen LogP contribution in [0.4, 0.5) is 4.39 Å². The molecule has 0 fully saturated rings. The molecule has 0 amide bonds. The monoisotopic (exact) mass is 370 g/mol. The Morgan fingerprint density at radius 2 is 2.10 bits per heavy atom. The van der Waals surface area contributed by atoms with Gasteiger partial charge in [-0.3, -0.25) is 4.79 Å². The van der Waals surface area contributed by atoms with E-state index < -0.39 is 11.6 Å². The second-order valence-electron chi connectivity index (χ2n) is 4.43. The largest absolute Gasteiger partial charge is 0.494 e. The van der Waals surface area contributed by atoms with Crippen molar-refractivity contribution in [2.24, 2.45) is 0 Å². The van der Waals surface area contributed by atoms with Gasteiger partial charge in [-0.05, 0) is 46.6 Å². The SMILES string of the molecule is CCCOc1cccc(C(=O)c2ccc(Br)c(Cl)c2F)c1. The fourth-order valence-electron chi connectivity index (χ4n) is 1.80. The Bertz CT molecular complexity index is 673. The molecular formula is C16H13BrClFO2. The van der Waals surface area contributed by atoms with E-state index in [1.165, 1.54) is 6.07 Å². The lowest BCUT2D eigenvalue weighted by Crippen LogP contribution is -2.05. The summed E-state index contributed by atoms with van der Waals surface area (Å²) in [5.74, 6) is -0.564. The van der Waals surface area contributed by atoms with E-state index in [0.29, 0.717) is 22.4 Å². The van der Waals surface area contributed by atoms with Gasteiger partial charge in [-0.15, -0.1) is 0 Å². The molecule has 5 heteroatoms. The third-order valence-corrected chi connectivity index (χ3v) is 4.11. The Kier molecular flexibility index (Phi) is 5.37. The number of ketones is 1. The molecule has 0 radical (unpaired) electrons. The maximum absolute atomic E-state index is 14.1. The second kappa shape index (κ2) is 7.05. The molecule has 0 saturated heterocycles. The van der Waals surface area contributed by atoms with Crippen molar-refractivity contribution in [1.29, 1.82) is 0 Å². The Morgan fingerprint density at radius 1 is 1.33 bits per heavy atom. The Hall–Kier alpha value is -1.39. The van der Waals surface area contributed by atoms with Crippen molar-refractivity contribution in [2.45, 2.75) is 13.3 Å². The van der Waals surface area contributed by atoms with Gasteiger partial charge in [-0.2, -0.15) is 0 Å². The molecule has 0 bridgehead atoms. The van der Waals surface area contributed by atoms with Crippen LogP contribution in [-0.4, -0.2) is 12.4 Å². The first-order valence-electron chi connectivity index (χ1n) is 6.45. The molecule has 0 heterocycles. The van der Waals surface area contributed by atoms with E-state index in [1.54, 1.807) is 30.3 Å². The zero-order valence-electron chi connectivity index (χ0n) is 11.3. The highest BCUT2D eigenvalue weighted by molar-refractivity contribution is 9.10. The average Bonchev–Trinajstić information content (AvgIpc) is 2.50. The minimum absolute atomic E-state index is 0.0594. The van der Waals surface area contributed by atoms with E-state index in [1.807, 2.05) is 6.92 Å². The molecular weight excluding hydrogens is 359 g/mol. The Balaban J connectivity index is 2.34. The van der Waals surface area contributed by atoms with E-state index in [-0.39, 0.29) is 10.6 Å². The Labute approximate surface area is 136 Å². The highest BCUT2D eigenvalue weighted by Gasteiger charge is 2.18. The van der Waals surface area contributed by atoms with Gasteiger partial charge in [0.25, 0.3) is 0 Å². The topological polar surface area (TPSA) is 26.3 Å². The molecule has 0 aliphatic heterocycles. The summed E-state index contributed by atoms with van der Waals surface area (Å²) in [5.41, 5.74) is 0.303. The minimum atomic E-state index is -0.726. The number of halogens is 3. The summed E-state index contributed by atoms with van der Waals surface area (Å²) < 4.78 is 20.0. The summed E-state index contributed by atoms with van der Waals surface area (Å²) in [4.78, 5) is 12.4. The zero-order chi connectivity index (χ0) is 15.4. The molecule has 0 aliphatic carbocycles. The molecule has 2 aromatic carbocycles. The van der Waals surface area contributed by atoms with Crippen LogP contribution in [0.1, 0.15) is 29.3 Å². The van der Waals surface area contributed by atoms with Crippen LogP contribution < -0.4 is 4.74 Å². The molecule has 2 nitrogen and oxygen atoms in total. The quantitative estimate of drug-likeness (QED) is 0.529. The normalized spacial score (nSPS) is 10.5. The lowest BCUT2D eigenvalue weighted by molar-refractivity contribution is 0.103. The summed E-state index contributed by atoms with van der Waals surface area (Å²) in [7, 11) is 0. The van der Waals surface area contributed by atoms with Gasteiger partial charge in [0.05, 0.1) is 17.2 Å². The predicted octanol–water partition coefficient (Wildman–Crippen LogP) is 5.26. The van der Waals surface area contributed by atoms with Gasteiger partial charge in [-0.1, -0.05) is 30.7 Å². The van der Waals surface area contributed by atoms with Gasteiger partial charge in [0.15, 0.2) is 11.6 Å². The fraction of sp³-hybridized carbons (Fsp3) is 0.188. The number of hydrogen-bond acceptors (Lipinski definition) is 2. The lowest BCUT2D eigenvalue weighted by atomic mass is 10.0. The van der Waals surface area contributed by atoms with E-state index in [2.05, 4.69) is 15.9 Å². The van der Waals surface area contributed by atoms with Gasteiger partial charge in [0.2, 0.25) is 0 Å². The van der Waals surface area contributed by atoms with E-state index >= 15 is 0 Å². The number of benzene rings is 2. The summed E-state index contributed by atoms with van der Waals surface area (Å²) in [6.07, 6.45) is 0.870. The van der Waals surface area contributed by atoms with Crippen molar-refractivity contribution in [3.05, 3.63) is 62.8 Å². The first-order valence-corrected chi connectivity index (χ1v) is 7.62. The van der Waals surface area contributed by atoms with Crippen LogP contribution in [0.3, 0.4) is 0 Å². The number of ether oxygens (including phenoxy) is 1. The minimum Gasteiger partial charge on any atom is -0.494 e. The van der Waals surface area contributed by atoms with Crippen molar-refractivity contribution in [1.82, 2.24) is 0 Å². The van der Waals surface area contributed by atoms with Crippen molar-refractivity contribution in [2.75, 3.05) is 6.61 Å². The van der Waals surface area contributed by atoms with Crippen LogP contribution in [0, 0.1) is 5.82 Å². The third kappa shape index (κ3) is 3.63. The van der Waals surface area contributed by atoms with Gasteiger partial charge < -0.3 is 4.74 Å². The van der Waals surface area contributed by atoms with Crippen molar-refractivity contribution >= 4 is 33.3 Å². The van der Waals surface area contributed by atoms with Crippen LogP contribution >= 0.6 is 27.5 Å². The Morgan fingerprint density at radius 3 is 2.81 bits per heavy atom. The molecule has 0 spiro atoms. The molecule has 0 N–H and O–H groups in total. The van der Waals surface area contributed by atoms with Crippen LogP contribution in [0.5, 0.6) is 5.75 Å². The van der Waals surface area contributed by atoms with Crippen LogP contribution in [-0.2, 0) is 0 Å². The number of carbonyl (C=O) groups is 1. The highest BCUT2D eigenvalue weighted by atomic mass is 79.9. The molecule has 0 atom stereocenters. The predicted molar refractivity (Wildman–Crippen MR) is 84.8 cm³/mol. The maximum atomic E-state index is 14.1. The van der Waals surface area contributed by atoms with Gasteiger partial charge >= 0.3 is 0 Å². The molecule has 0 saturated carbocycles. The lowest BCUT2D eigenvalue weighted by Gasteiger charge is -2.08. The molecule has 0 aromatic heterocycles. The standard InChI is InChI=1S/C16H13BrClFO2/c1-2-8-21-11-5-3-4-10(9-11)16(20)12-6-7-13(17)14(18)15(12)19/h3-7,9H,2,8H2,1H3. The number of carbonyl (C=O) groups excluding carboxylic acids is 1. The van der Waals surface area contributed by atoms with Crippen LogP contribution in [0.25, 0.3) is 0 Å². The molecule has 2 rings (SSSR count). The average molecular weight is 372 g/mol.